The van der Waals surface area contributed by atoms with Gasteiger partial charge in [-0.05, 0) is 63.0 Å². The monoisotopic (exact) mass is 370 g/mol. The van der Waals surface area contributed by atoms with Crippen LogP contribution in [0.2, 0.25) is 0 Å². The van der Waals surface area contributed by atoms with Crippen LogP contribution in [0.15, 0.2) is 41.6 Å². The van der Waals surface area contributed by atoms with Gasteiger partial charge in [-0.25, -0.2) is 14.4 Å². The molecule has 0 spiro atoms. The number of H-pyrrole nitrogens is 1. The molecule has 0 bridgehead atoms. The number of thioether (sulfide) groups is 1. The molecular weight excluding hydrogens is 347 g/mol. The van der Waals surface area contributed by atoms with Crippen molar-refractivity contribution in [1.82, 2.24) is 19.9 Å². The minimum Gasteiger partial charge on any atom is -0.342 e. The van der Waals surface area contributed by atoms with Gasteiger partial charge < -0.3 is 9.88 Å². The van der Waals surface area contributed by atoms with Crippen LogP contribution in [0, 0.1) is 12.7 Å². The molecule has 136 valence electrons. The zero-order valence-electron chi connectivity index (χ0n) is 14.9. The van der Waals surface area contributed by atoms with Gasteiger partial charge in [0.2, 0.25) is 0 Å². The maximum Gasteiger partial charge on any atom is 0.124 e. The number of aromatic nitrogens is 3. The molecule has 0 aliphatic carbocycles. The number of likely N-dealkylation sites (tertiary alicyclic amines) is 1. The Morgan fingerprint density at radius 1 is 1.19 bits per heavy atom. The van der Waals surface area contributed by atoms with E-state index in [2.05, 4.69) is 19.9 Å². The summed E-state index contributed by atoms with van der Waals surface area (Å²) in [5.41, 5.74) is 3.26. The number of nitrogens with one attached hydrogen (secondary N) is 1. The van der Waals surface area contributed by atoms with E-state index in [1.807, 2.05) is 43.1 Å². The molecule has 0 saturated carbocycles. The van der Waals surface area contributed by atoms with Gasteiger partial charge >= 0.3 is 0 Å². The van der Waals surface area contributed by atoms with Gasteiger partial charge in [-0.3, -0.25) is 0 Å². The lowest BCUT2D eigenvalue weighted by molar-refractivity contribution is 0.235. The van der Waals surface area contributed by atoms with Crippen LogP contribution in [0.25, 0.3) is 11.0 Å². The van der Waals surface area contributed by atoms with Crippen LogP contribution in [-0.4, -0.2) is 44.7 Å². The molecule has 26 heavy (non-hydrogen) atoms. The Kier molecular flexibility index (Phi) is 5.22. The summed E-state index contributed by atoms with van der Waals surface area (Å²) >= 11 is 1.86. The number of nitrogens with zero attached hydrogens (tertiary/aromatic N) is 3. The largest absolute Gasteiger partial charge is 0.342 e. The first-order valence-corrected chi connectivity index (χ1v) is 10.00. The summed E-state index contributed by atoms with van der Waals surface area (Å²) in [5.74, 6) is 0.771. The lowest BCUT2D eigenvalue weighted by atomic mass is 10.1. The summed E-state index contributed by atoms with van der Waals surface area (Å²) in [7, 11) is 0. The molecule has 2 aromatic heterocycles. The van der Waals surface area contributed by atoms with Crippen LogP contribution in [-0.2, 0) is 6.42 Å². The van der Waals surface area contributed by atoms with Gasteiger partial charge in [0.05, 0.1) is 5.52 Å². The summed E-state index contributed by atoms with van der Waals surface area (Å²) in [6, 6.07) is 8.84. The van der Waals surface area contributed by atoms with E-state index in [0.717, 1.165) is 60.8 Å². The molecule has 0 radical (unpaired) electrons. The molecule has 0 atom stereocenters. The summed E-state index contributed by atoms with van der Waals surface area (Å²) in [6.45, 7) is 5.23. The fourth-order valence-electron chi connectivity index (χ4n) is 3.47. The molecule has 3 aromatic rings. The van der Waals surface area contributed by atoms with Crippen molar-refractivity contribution in [2.45, 2.75) is 36.5 Å². The summed E-state index contributed by atoms with van der Waals surface area (Å²) in [6.07, 6.45) is 5.16. The Balaban J connectivity index is 1.30. The molecule has 6 heteroatoms. The van der Waals surface area contributed by atoms with E-state index in [1.165, 1.54) is 5.56 Å². The Hall–Kier alpha value is -1.92. The maximum atomic E-state index is 13.0. The van der Waals surface area contributed by atoms with E-state index in [-0.39, 0.29) is 5.82 Å². The SMILES string of the molecule is Cc1nc2c(SC3CCN(CCc4ccc(F)cc4)CC3)nccc2[nH]1. The van der Waals surface area contributed by atoms with E-state index in [9.17, 15) is 4.39 Å². The van der Waals surface area contributed by atoms with Crippen LogP contribution in [0.3, 0.4) is 0 Å². The van der Waals surface area contributed by atoms with Gasteiger partial charge in [0.15, 0.2) is 0 Å². The number of aryl methyl sites for hydroxylation is 1. The van der Waals surface area contributed by atoms with Crippen molar-refractivity contribution >= 4 is 22.8 Å². The molecule has 0 amide bonds. The molecule has 1 N–H and O–H groups in total. The van der Waals surface area contributed by atoms with Gasteiger partial charge in [-0.15, -0.1) is 11.8 Å². The van der Waals surface area contributed by atoms with E-state index >= 15 is 0 Å². The number of benzene rings is 1. The zero-order valence-corrected chi connectivity index (χ0v) is 15.7. The van der Waals surface area contributed by atoms with Crippen molar-refractivity contribution in [1.29, 1.82) is 0 Å². The second-order valence-corrected chi connectivity index (χ2v) is 8.16. The highest BCUT2D eigenvalue weighted by atomic mass is 32.2. The predicted octanol–water partition coefficient (Wildman–Crippen LogP) is 4.20. The minimum atomic E-state index is -0.165. The fourth-order valence-corrected chi connectivity index (χ4v) is 4.62. The standard InChI is InChI=1S/C20H23FN4S/c1-14-23-18-6-10-22-20(19(18)24-14)26-17-8-12-25(13-9-17)11-7-15-2-4-16(21)5-3-15/h2-6,10,17H,7-9,11-13H2,1H3,(H,23,24). The van der Waals surface area contributed by atoms with Crippen LogP contribution < -0.4 is 0 Å². The van der Waals surface area contributed by atoms with Crippen molar-refractivity contribution in [2.24, 2.45) is 0 Å². The lowest BCUT2D eigenvalue weighted by Gasteiger charge is -2.31. The molecule has 1 fully saturated rings. The second kappa shape index (κ2) is 7.76. The van der Waals surface area contributed by atoms with Crippen molar-refractivity contribution in [3.05, 3.63) is 53.7 Å². The molecule has 3 heterocycles. The number of hydrogen-bond donors (Lipinski definition) is 1. The summed E-state index contributed by atoms with van der Waals surface area (Å²) in [5, 5.41) is 1.63. The van der Waals surface area contributed by atoms with Crippen LogP contribution in [0.4, 0.5) is 4.39 Å². The highest BCUT2D eigenvalue weighted by molar-refractivity contribution is 8.00. The molecule has 1 aromatic carbocycles. The van der Waals surface area contributed by atoms with Gasteiger partial charge in [0.25, 0.3) is 0 Å². The number of halogens is 1. The lowest BCUT2D eigenvalue weighted by Crippen LogP contribution is -2.36. The Bertz CT molecular complexity index is 869. The van der Waals surface area contributed by atoms with Crippen molar-refractivity contribution in [3.8, 4) is 0 Å². The first kappa shape index (κ1) is 17.5. The maximum absolute atomic E-state index is 13.0. The van der Waals surface area contributed by atoms with Crippen molar-refractivity contribution < 1.29 is 4.39 Å². The van der Waals surface area contributed by atoms with Crippen molar-refractivity contribution in [3.63, 3.8) is 0 Å². The Morgan fingerprint density at radius 3 is 2.73 bits per heavy atom. The molecule has 4 nitrogen and oxygen atoms in total. The summed E-state index contributed by atoms with van der Waals surface area (Å²) < 4.78 is 13.0. The number of imidazole rings is 1. The van der Waals surface area contributed by atoms with E-state index in [1.54, 1.807) is 12.1 Å². The van der Waals surface area contributed by atoms with E-state index < -0.39 is 0 Å². The molecule has 4 rings (SSSR count). The Morgan fingerprint density at radius 2 is 1.96 bits per heavy atom. The normalized spacial score (nSPS) is 16.4. The average Bonchev–Trinajstić information content (AvgIpc) is 3.04. The number of fused-ring (bicyclic) bond motifs is 1. The first-order chi connectivity index (χ1) is 12.7. The first-order valence-electron chi connectivity index (χ1n) is 9.12. The highest BCUT2D eigenvalue weighted by Crippen LogP contribution is 2.32. The zero-order chi connectivity index (χ0) is 17.9. The number of rotatable bonds is 5. The second-order valence-electron chi connectivity index (χ2n) is 6.87. The fraction of sp³-hybridized carbons (Fsp3) is 0.400. The number of pyridine rings is 1. The minimum absolute atomic E-state index is 0.165. The smallest absolute Gasteiger partial charge is 0.124 e. The highest BCUT2D eigenvalue weighted by Gasteiger charge is 2.21. The van der Waals surface area contributed by atoms with Gasteiger partial charge in [0, 0.05) is 18.0 Å². The third-order valence-corrected chi connectivity index (χ3v) is 6.26. The topological polar surface area (TPSA) is 44.8 Å². The average molecular weight is 370 g/mol. The van der Waals surface area contributed by atoms with Gasteiger partial charge in [0.1, 0.15) is 22.2 Å². The van der Waals surface area contributed by atoms with E-state index in [0.29, 0.717) is 5.25 Å². The third-order valence-electron chi connectivity index (χ3n) is 4.93. The number of aromatic amines is 1. The number of hydrogen-bond acceptors (Lipinski definition) is 4. The van der Waals surface area contributed by atoms with Crippen molar-refractivity contribution in [2.75, 3.05) is 19.6 Å². The van der Waals surface area contributed by atoms with Gasteiger partial charge in [-0.1, -0.05) is 12.1 Å². The molecular formula is C20H23FN4S. The Labute approximate surface area is 157 Å². The number of piperidine rings is 1. The quantitative estimate of drug-likeness (QED) is 0.731. The molecule has 0 unspecified atom stereocenters. The molecule has 1 saturated heterocycles. The van der Waals surface area contributed by atoms with Crippen LogP contribution >= 0.6 is 11.8 Å². The predicted molar refractivity (Wildman–Crippen MR) is 104 cm³/mol. The molecule has 1 aliphatic heterocycles. The van der Waals surface area contributed by atoms with Gasteiger partial charge in [-0.2, -0.15) is 0 Å². The molecule has 1 aliphatic rings. The van der Waals surface area contributed by atoms with Crippen LogP contribution in [0.1, 0.15) is 24.2 Å². The van der Waals surface area contributed by atoms with E-state index in [4.69, 9.17) is 0 Å². The third kappa shape index (κ3) is 4.07. The van der Waals surface area contributed by atoms with Crippen LogP contribution in [0.5, 0.6) is 0 Å². The summed E-state index contributed by atoms with van der Waals surface area (Å²) in [4.78, 5) is 14.9.